The molecular weight excluding hydrogens is 408 g/mol. The molecule has 2 atom stereocenters. The number of benzene rings is 2. The van der Waals surface area contributed by atoms with Gasteiger partial charge in [-0.05, 0) is 54.2 Å². The lowest BCUT2D eigenvalue weighted by Crippen LogP contribution is -2.52. The van der Waals surface area contributed by atoms with Crippen LogP contribution < -0.4 is 10.6 Å². The van der Waals surface area contributed by atoms with E-state index in [4.69, 9.17) is 4.74 Å². The Morgan fingerprint density at radius 2 is 1.47 bits per heavy atom. The van der Waals surface area contributed by atoms with Crippen LogP contribution in [0, 0.1) is 5.92 Å². The molecule has 0 aliphatic rings. The number of methoxy groups -OCH3 is 1. The molecule has 0 radical (unpaired) electrons. The molecule has 172 valence electrons. The number of phenolic OH excluding ortho intramolecular Hbond substituents is 1. The van der Waals surface area contributed by atoms with Crippen molar-refractivity contribution in [2.24, 2.45) is 5.92 Å². The smallest absolute Gasteiger partial charge is 0.328 e. The number of esters is 1. The van der Waals surface area contributed by atoms with Crippen LogP contribution in [0.15, 0.2) is 48.5 Å². The molecule has 0 saturated heterocycles. The Hall–Kier alpha value is -3.35. The van der Waals surface area contributed by atoms with E-state index < -0.39 is 24.0 Å². The average Bonchev–Trinajstić information content (AvgIpc) is 2.78. The van der Waals surface area contributed by atoms with Gasteiger partial charge in [0.25, 0.3) is 5.91 Å². The van der Waals surface area contributed by atoms with Gasteiger partial charge in [0.2, 0.25) is 5.91 Å². The highest BCUT2D eigenvalue weighted by atomic mass is 16.5. The first-order valence-electron chi connectivity index (χ1n) is 10.8. The van der Waals surface area contributed by atoms with Crippen LogP contribution in [0.4, 0.5) is 0 Å². The summed E-state index contributed by atoms with van der Waals surface area (Å²) in [5.74, 6) is -0.928. The lowest BCUT2D eigenvalue weighted by Gasteiger charge is -2.23. The Bertz CT molecular complexity index is 907. The predicted octanol–water partition coefficient (Wildman–Crippen LogP) is 3.66. The van der Waals surface area contributed by atoms with E-state index in [0.29, 0.717) is 24.8 Å². The van der Waals surface area contributed by atoms with Gasteiger partial charge in [-0.15, -0.1) is 0 Å². The fourth-order valence-corrected chi connectivity index (χ4v) is 3.36. The molecule has 32 heavy (non-hydrogen) atoms. The number of ether oxygens (including phenoxy) is 1. The summed E-state index contributed by atoms with van der Waals surface area (Å²) in [7, 11) is 1.28. The van der Waals surface area contributed by atoms with Crippen molar-refractivity contribution >= 4 is 17.8 Å². The fourth-order valence-electron chi connectivity index (χ4n) is 3.36. The van der Waals surface area contributed by atoms with Crippen molar-refractivity contribution in [3.05, 3.63) is 54.1 Å². The minimum absolute atomic E-state index is 0.158. The van der Waals surface area contributed by atoms with Crippen LogP contribution in [-0.4, -0.2) is 42.1 Å². The van der Waals surface area contributed by atoms with E-state index in [1.54, 1.807) is 36.4 Å². The number of carbonyl (C=O) groups is 3. The number of hydrogen-bond donors (Lipinski definition) is 3. The van der Waals surface area contributed by atoms with Gasteiger partial charge in [-0.3, -0.25) is 9.59 Å². The van der Waals surface area contributed by atoms with Crippen molar-refractivity contribution in [3.63, 3.8) is 0 Å². The van der Waals surface area contributed by atoms with Crippen molar-refractivity contribution in [2.75, 3.05) is 7.11 Å². The molecule has 0 aromatic heterocycles. The van der Waals surface area contributed by atoms with Gasteiger partial charge in [-0.1, -0.05) is 51.5 Å². The Labute approximate surface area is 189 Å². The van der Waals surface area contributed by atoms with Gasteiger partial charge >= 0.3 is 5.97 Å². The Morgan fingerprint density at radius 1 is 0.906 bits per heavy atom. The number of aromatic hydroxyl groups is 1. The number of hydrogen-bond acceptors (Lipinski definition) is 5. The van der Waals surface area contributed by atoms with E-state index in [-0.39, 0.29) is 17.6 Å². The quantitative estimate of drug-likeness (QED) is 0.489. The molecule has 2 aromatic carbocycles. The standard InChI is InChI=1S/C25H32N2O5/c1-5-6-21(25(31)32-4)26-24(30)22(15-16(2)3)27-23(29)19-9-7-17(8-10-19)18-11-13-20(28)14-12-18/h7-14,16,21-22,28H,5-6,15H2,1-4H3,(H,26,30)(H,27,29)/t21-,22-/m0/s1. The van der Waals surface area contributed by atoms with E-state index in [2.05, 4.69) is 10.6 Å². The maximum atomic E-state index is 12.9. The van der Waals surface area contributed by atoms with Crippen LogP contribution in [0.2, 0.25) is 0 Å². The summed E-state index contributed by atoms with van der Waals surface area (Å²) < 4.78 is 4.78. The minimum atomic E-state index is -0.775. The fraction of sp³-hybridized carbons (Fsp3) is 0.400. The Kier molecular flexibility index (Phi) is 9.25. The highest BCUT2D eigenvalue weighted by Crippen LogP contribution is 2.22. The van der Waals surface area contributed by atoms with Gasteiger partial charge in [-0.25, -0.2) is 4.79 Å². The summed E-state index contributed by atoms with van der Waals surface area (Å²) >= 11 is 0. The topological polar surface area (TPSA) is 105 Å². The van der Waals surface area contributed by atoms with Crippen LogP contribution in [0.25, 0.3) is 11.1 Å². The summed E-state index contributed by atoms with van der Waals surface area (Å²) in [5, 5.41) is 14.9. The molecule has 2 amide bonds. The van der Waals surface area contributed by atoms with Crippen molar-refractivity contribution in [1.29, 1.82) is 0 Å². The number of amides is 2. The molecule has 2 rings (SSSR count). The van der Waals surface area contributed by atoms with E-state index in [1.807, 2.05) is 32.9 Å². The zero-order valence-electron chi connectivity index (χ0n) is 19.1. The molecule has 0 bridgehead atoms. The van der Waals surface area contributed by atoms with E-state index in [0.717, 1.165) is 11.1 Å². The first-order chi connectivity index (χ1) is 15.2. The number of carbonyl (C=O) groups excluding carboxylic acids is 3. The predicted molar refractivity (Wildman–Crippen MR) is 123 cm³/mol. The molecule has 0 spiro atoms. The summed E-state index contributed by atoms with van der Waals surface area (Å²) in [6.07, 6.45) is 1.59. The number of nitrogens with one attached hydrogen (secondary N) is 2. The maximum absolute atomic E-state index is 12.9. The van der Waals surface area contributed by atoms with Crippen molar-refractivity contribution in [1.82, 2.24) is 10.6 Å². The Morgan fingerprint density at radius 3 is 1.97 bits per heavy atom. The largest absolute Gasteiger partial charge is 0.508 e. The normalized spacial score (nSPS) is 12.7. The minimum Gasteiger partial charge on any atom is -0.508 e. The lowest BCUT2D eigenvalue weighted by atomic mass is 10.0. The number of phenols is 1. The van der Waals surface area contributed by atoms with Gasteiger partial charge in [0.05, 0.1) is 7.11 Å². The van der Waals surface area contributed by atoms with Gasteiger partial charge in [-0.2, -0.15) is 0 Å². The molecule has 0 saturated carbocycles. The second-order valence-electron chi connectivity index (χ2n) is 8.15. The molecule has 2 aromatic rings. The van der Waals surface area contributed by atoms with Gasteiger partial charge in [0.15, 0.2) is 0 Å². The highest BCUT2D eigenvalue weighted by molar-refractivity contribution is 5.98. The van der Waals surface area contributed by atoms with Gasteiger partial charge in [0, 0.05) is 5.56 Å². The van der Waals surface area contributed by atoms with E-state index in [1.165, 1.54) is 7.11 Å². The molecular formula is C25H32N2O5. The monoisotopic (exact) mass is 440 g/mol. The van der Waals surface area contributed by atoms with E-state index >= 15 is 0 Å². The van der Waals surface area contributed by atoms with Crippen LogP contribution >= 0.6 is 0 Å². The summed E-state index contributed by atoms with van der Waals surface area (Å²) in [6.45, 7) is 5.84. The highest BCUT2D eigenvalue weighted by Gasteiger charge is 2.27. The first-order valence-corrected chi connectivity index (χ1v) is 10.8. The second-order valence-corrected chi connectivity index (χ2v) is 8.15. The number of rotatable bonds is 10. The summed E-state index contributed by atoms with van der Waals surface area (Å²) in [5.41, 5.74) is 2.24. The zero-order chi connectivity index (χ0) is 23.7. The van der Waals surface area contributed by atoms with Crippen LogP contribution in [-0.2, 0) is 14.3 Å². The first kappa shape index (κ1) is 24.9. The SMILES string of the molecule is CCC[C@H](NC(=O)[C@H](CC(C)C)NC(=O)c1ccc(-c2ccc(O)cc2)cc1)C(=O)OC. The Balaban J connectivity index is 2.12. The van der Waals surface area contributed by atoms with E-state index in [9.17, 15) is 19.5 Å². The van der Waals surface area contributed by atoms with Crippen LogP contribution in [0.1, 0.15) is 50.4 Å². The molecule has 0 fully saturated rings. The van der Waals surface area contributed by atoms with Crippen molar-refractivity contribution in [2.45, 2.75) is 52.1 Å². The van der Waals surface area contributed by atoms with Gasteiger partial charge in [0.1, 0.15) is 17.8 Å². The average molecular weight is 441 g/mol. The molecule has 7 nitrogen and oxygen atoms in total. The van der Waals surface area contributed by atoms with Crippen molar-refractivity contribution < 1.29 is 24.2 Å². The van der Waals surface area contributed by atoms with Crippen molar-refractivity contribution in [3.8, 4) is 16.9 Å². The third-order valence-electron chi connectivity index (χ3n) is 5.06. The molecule has 0 aliphatic heterocycles. The van der Waals surface area contributed by atoms with Gasteiger partial charge < -0.3 is 20.5 Å². The van der Waals surface area contributed by atoms with Crippen LogP contribution in [0.5, 0.6) is 5.75 Å². The third kappa shape index (κ3) is 7.11. The molecule has 0 unspecified atom stereocenters. The molecule has 0 aliphatic carbocycles. The third-order valence-corrected chi connectivity index (χ3v) is 5.06. The zero-order valence-corrected chi connectivity index (χ0v) is 19.1. The summed E-state index contributed by atoms with van der Waals surface area (Å²) in [6, 6.07) is 12.3. The lowest BCUT2D eigenvalue weighted by molar-refractivity contribution is -0.145. The molecule has 7 heteroatoms. The summed E-state index contributed by atoms with van der Waals surface area (Å²) in [4.78, 5) is 37.6. The molecule has 3 N–H and O–H groups in total. The van der Waals surface area contributed by atoms with Crippen LogP contribution in [0.3, 0.4) is 0 Å². The molecule has 0 heterocycles. The maximum Gasteiger partial charge on any atom is 0.328 e. The second kappa shape index (κ2) is 11.9.